The Bertz CT molecular complexity index is 1260. The van der Waals surface area contributed by atoms with Crippen molar-refractivity contribution in [2.45, 2.75) is 19.4 Å². The van der Waals surface area contributed by atoms with Crippen LogP contribution < -0.4 is 10.5 Å². The highest BCUT2D eigenvalue weighted by Crippen LogP contribution is 2.32. The number of nitrogens with two attached hydrogens (primary N) is 1. The molecule has 4 aromatic rings. The molecule has 1 aliphatic heterocycles. The molecule has 0 amide bonds. The standard InChI is InChI=1S/C24H23N7O/c25-15-30-12-4-5-17(13-30)14-31-24-21(23(26)27-16-28-24)22(29-31)18-8-10-20(11-9-18)32-19-6-2-1-3-7-19/h1-3,6-11,16-17H,4-5,12-14H2,(H2,26,27,28)/t17-/m1/s1. The van der Waals surface area contributed by atoms with Crippen molar-refractivity contribution in [2.24, 2.45) is 5.92 Å². The van der Waals surface area contributed by atoms with Crippen LogP contribution in [0.2, 0.25) is 0 Å². The van der Waals surface area contributed by atoms with Gasteiger partial charge in [-0.25, -0.2) is 14.6 Å². The normalized spacial score (nSPS) is 16.1. The number of anilines is 1. The van der Waals surface area contributed by atoms with Crippen LogP contribution in [0.4, 0.5) is 5.82 Å². The fourth-order valence-electron chi connectivity index (χ4n) is 4.21. The smallest absolute Gasteiger partial charge is 0.179 e. The summed E-state index contributed by atoms with van der Waals surface area (Å²) in [5, 5.41) is 14.9. The molecule has 5 rings (SSSR count). The average molecular weight is 425 g/mol. The number of para-hydroxylation sites is 1. The Morgan fingerprint density at radius 1 is 1.06 bits per heavy atom. The topological polar surface area (TPSA) is 106 Å². The number of benzene rings is 2. The van der Waals surface area contributed by atoms with E-state index in [0.29, 0.717) is 23.9 Å². The molecule has 8 heteroatoms. The van der Waals surface area contributed by atoms with Gasteiger partial charge >= 0.3 is 0 Å². The first-order valence-electron chi connectivity index (χ1n) is 10.7. The molecule has 160 valence electrons. The monoisotopic (exact) mass is 425 g/mol. The van der Waals surface area contributed by atoms with Crippen LogP contribution in [0.15, 0.2) is 60.9 Å². The number of nitrogens with zero attached hydrogens (tertiary/aromatic N) is 6. The van der Waals surface area contributed by atoms with Gasteiger partial charge in [0.2, 0.25) is 0 Å². The molecule has 8 nitrogen and oxygen atoms in total. The van der Waals surface area contributed by atoms with Gasteiger partial charge in [-0.15, -0.1) is 0 Å². The number of rotatable bonds is 5. The molecule has 0 unspecified atom stereocenters. The summed E-state index contributed by atoms with van der Waals surface area (Å²) in [5.41, 5.74) is 8.61. The summed E-state index contributed by atoms with van der Waals surface area (Å²) in [4.78, 5) is 10.5. The fourth-order valence-corrected chi connectivity index (χ4v) is 4.21. The van der Waals surface area contributed by atoms with Crippen LogP contribution in [-0.4, -0.2) is 37.7 Å². The zero-order valence-corrected chi connectivity index (χ0v) is 17.6. The van der Waals surface area contributed by atoms with Crippen molar-refractivity contribution >= 4 is 16.9 Å². The molecule has 2 N–H and O–H groups in total. The number of hydrogen-bond donors (Lipinski definition) is 1. The van der Waals surface area contributed by atoms with Crippen molar-refractivity contribution in [2.75, 3.05) is 18.8 Å². The van der Waals surface area contributed by atoms with Gasteiger partial charge in [-0.2, -0.15) is 10.4 Å². The van der Waals surface area contributed by atoms with Gasteiger partial charge in [0, 0.05) is 25.2 Å². The molecule has 32 heavy (non-hydrogen) atoms. The van der Waals surface area contributed by atoms with Crippen molar-refractivity contribution in [3.63, 3.8) is 0 Å². The molecule has 2 aromatic heterocycles. The highest BCUT2D eigenvalue weighted by molar-refractivity contribution is 5.98. The van der Waals surface area contributed by atoms with Crippen LogP contribution in [-0.2, 0) is 6.54 Å². The lowest BCUT2D eigenvalue weighted by Gasteiger charge is -2.28. The summed E-state index contributed by atoms with van der Waals surface area (Å²) in [6.45, 7) is 2.24. The maximum Gasteiger partial charge on any atom is 0.179 e. The van der Waals surface area contributed by atoms with Crippen LogP contribution >= 0.6 is 0 Å². The number of nitrogen functional groups attached to an aromatic ring is 1. The van der Waals surface area contributed by atoms with E-state index in [1.54, 1.807) is 0 Å². The van der Waals surface area contributed by atoms with E-state index in [4.69, 9.17) is 15.6 Å². The van der Waals surface area contributed by atoms with Crippen molar-refractivity contribution < 1.29 is 4.74 Å². The van der Waals surface area contributed by atoms with Gasteiger partial charge in [-0.3, -0.25) is 0 Å². The van der Waals surface area contributed by atoms with E-state index in [-0.39, 0.29) is 0 Å². The van der Waals surface area contributed by atoms with Gasteiger partial charge in [-0.1, -0.05) is 18.2 Å². The van der Waals surface area contributed by atoms with Crippen molar-refractivity contribution in [3.05, 3.63) is 60.9 Å². The molecule has 3 heterocycles. The minimum atomic E-state index is 0.331. The zero-order chi connectivity index (χ0) is 21.9. The highest BCUT2D eigenvalue weighted by atomic mass is 16.5. The summed E-state index contributed by atoms with van der Waals surface area (Å²) in [7, 11) is 0. The van der Waals surface area contributed by atoms with Gasteiger partial charge in [0.1, 0.15) is 29.3 Å². The molecule has 1 atom stereocenters. The highest BCUT2D eigenvalue weighted by Gasteiger charge is 2.23. The molecule has 0 aliphatic carbocycles. The molecule has 0 radical (unpaired) electrons. The Morgan fingerprint density at radius 3 is 2.62 bits per heavy atom. The Balaban J connectivity index is 1.46. The summed E-state index contributed by atoms with van der Waals surface area (Å²) in [5.74, 6) is 2.26. The largest absolute Gasteiger partial charge is 0.457 e. The summed E-state index contributed by atoms with van der Waals surface area (Å²) in [6.07, 6.45) is 5.80. The van der Waals surface area contributed by atoms with Gasteiger partial charge < -0.3 is 15.4 Å². The number of hydrogen-bond acceptors (Lipinski definition) is 7. The SMILES string of the molecule is N#CN1CCC[C@@H](Cn2nc(-c3ccc(Oc4ccccc4)cc3)c3c(N)ncnc32)C1. The van der Waals surface area contributed by atoms with Gasteiger partial charge in [0.05, 0.1) is 5.39 Å². The first kappa shape index (κ1) is 19.8. The predicted molar refractivity (Wildman–Crippen MR) is 122 cm³/mol. The predicted octanol–water partition coefficient (Wildman–Crippen LogP) is 4.06. The lowest BCUT2D eigenvalue weighted by atomic mass is 9.98. The average Bonchev–Trinajstić information content (AvgIpc) is 3.20. The molecule has 1 saturated heterocycles. The summed E-state index contributed by atoms with van der Waals surface area (Å²) < 4.78 is 7.81. The second kappa shape index (κ2) is 8.55. The van der Waals surface area contributed by atoms with E-state index in [2.05, 4.69) is 16.2 Å². The van der Waals surface area contributed by atoms with Crippen LogP contribution in [0.3, 0.4) is 0 Å². The van der Waals surface area contributed by atoms with E-state index < -0.39 is 0 Å². The number of fused-ring (bicyclic) bond motifs is 1. The summed E-state index contributed by atoms with van der Waals surface area (Å²) in [6, 6.07) is 17.4. The lowest BCUT2D eigenvalue weighted by molar-refractivity contribution is 0.221. The lowest BCUT2D eigenvalue weighted by Crippen LogP contribution is -2.34. The molecular formula is C24H23N7O. The molecule has 1 fully saturated rings. The molecular weight excluding hydrogens is 402 g/mol. The van der Waals surface area contributed by atoms with Crippen LogP contribution in [0, 0.1) is 17.4 Å². The third-order valence-corrected chi connectivity index (χ3v) is 5.76. The fraction of sp³-hybridized carbons (Fsp3) is 0.250. The third-order valence-electron chi connectivity index (χ3n) is 5.76. The van der Waals surface area contributed by atoms with Crippen molar-refractivity contribution in [3.8, 4) is 28.9 Å². The summed E-state index contributed by atoms with van der Waals surface area (Å²) >= 11 is 0. The van der Waals surface area contributed by atoms with E-state index >= 15 is 0 Å². The maximum atomic E-state index is 9.26. The van der Waals surface area contributed by atoms with Gasteiger partial charge in [-0.05, 0) is 55.2 Å². The number of nitriles is 1. The second-order valence-corrected chi connectivity index (χ2v) is 7.98. The van der Waals surface area contributed by atoms with E-state index in [1.165, 1.54) is 6.33 Å². The Morgan fingerprint density at radius 2 is 1.84 bits per heavy atom. The Kier molecular flexibility index (Phi) is 5.30. The van der Waals surface area contributed by atoms with E-state index in [0.717, 1.165) is 54.1 Å². The van der Waals surface area contributed by atoms with E-state index in [1.807, 2.05) is 64.2 Å². The molecule has 0 spiro atoms. The zero-order valence-electron chi connectivity index (χ0n) is 17.6. The molecule has 2 aromatic carbocycles. The minimum Gasteiger partial charge on any atom is -0.457 e. The first-order valence-corrected chi connectivity index (χ1v) is 10.7. The van der Waals surface area contributed by atoms with Crippen LogP contribution in [0.25, 0.3) is 22.3 Å². The van der Waals surface area contributed by atoms with Gasteiger partial charge in [0.25, 0.3) is 0 Å². The van der Waals surface area contributed by atoms with E-state index in [9.17, 15) is 5.26 Å². The number of aromatic nitrogens is 4. The number of likely N-dealkylation sites (tertiary alicyclic amines) is 1. The Hall–Kier alpha value is -4.12. The quantitative estimate of drug-likeness (QED) is 0.481. The van der Waals surface area contributed by atoms with Crippen molar-refractivity contribution in [1.82, 2.24) is 24.6 Å². The number of ether oxygens (including phenoxy) is 1. The van der Waals surface area contributed by atoms with Crippen LogP contribution in [0.1, 0.15) is 12.8 Å². The third kappa shape index (κ3) is 3.93. The molecule has 1 aliphatic rings. The molecule has 0 bridgehead atoms. The van der Waals surface area contributed by atoms with Crippen molar-refractivity contribution in [1.29, 1.82) is 5.26 Å². The first-order chi connectivity index (χ1) is 15.7. The molecule has 0 saturated carbocycles. The Labute approximate surface area is 185 Å². The van der Waals surface area contributed by atoms with Gasteiger partial charge in [0.15, 0.2) is 11.8 Å². The maximum absolute atomic E-state index is 9.26. The minimum absolute atomic E-state index is 0.331. The van der Waals surface area contributed by atoms with Crippen LogP contribution in [0.5, 0.6) is 11.5 Å². The number of piperidine rings is 1. The second-order valence-electron chi connectivity index (χ2n) is 7.98.